The molecule has 0 aliphatic carbocycles. The van der Waals surface area contributed by atoms with Crippen LogP contribution < -0.4 is 5.73 Å². The molecular weight excluding hydrogens is 188 g/mol. The largest absolute Gasteiger partial charge is 0.398 e. The molecule has 0 amide bonds. The lowest BCUT2D eigenvalue weighted by Gasteiger charge is -2.20. The monoisotopic (exact) mass is 202 g/mol. The molecule has 0 saturated carbocycles. The Balaban J connectivity index is 2.76. The van der Waals surface area contributed by atoms with E-state index >= 15 is 0 Å². The predicted octanol–water partition coefficient (Wildman–Crippen LogP) is 2.04. The van der Waals surface area contributed by atoms with Crippen molar-refractivity contribution in [2.75, 3.05) is 5.73 Å². The molecule has 1 aromatic heterocycles. The summed E-state index contributed by atoms with van der Waals surface area (Å²) in [6.07, 6.45) is 1.73. The van der Waals surface area contributed by atoms with Gasteiger partial charge in [0.05, 0.1) is 11.1 Å². The summed E-state index contributed by atoms with van der Waals surface area (Å²) in [6, 6.07) is 7.45. The second-order valence-corrected chi connectivity index (χ2v) is 4.16. The van der Waals surface area contributed by atoms with Gasteiger partial charge in [0.25, 0.3) is 0 Å². The molecule has 0 aliphatic heterocycles. The zero-order chi connectivity index (χ0) is 11.1. The van der Waals surface area contributed by atoms with Crippen molar-refractivity contribution in [2.24, 2.45) is 0 Å². The van der Waals surface area contributed by atoms with Gasteiger partial charge in [-0.3, -0.25) is 4.98 Å². The summed E-state index contributed by atoms with van der Waals surface area (Å²) >= 11 is 0. The molecule has 1 heterocycles. The summed E-state index contributed by atoms with van der Waals surface area (Å²) in [6.45, 7) is 3.45. The molecule has 1 aromatic carbocycles. The van der Waals surface area contributed by atoms with Crippen LogP contribution in [0.4, 0.5) is 5.69 Å². The summed E-state index contributed by atoms with van der Waals surface area (Å²) in [4.78, 5) is 4.20. The Bertz CT molecular complexity index is 500. The predicted molar refractivity (Wildman–Crippen MR) is 61.4 cm³/mol. The summed E-state index contributed by atoms with van der Waals surface area (Å²) in [5.74, 6) is 0. The van der Waals surface area contributed by atoms with Crippen molar-refractivity contribution in [3.63, 3.8) is 0 Å². The fourth-order valence-electron chi connectivity index (χ4n) is 1.71. The van der Waals surface area contributed by atoms with Gasteiger partial charge in [-0.15, -0.1) is 0 Å². The molecule has 0 spiro atoms. The second-order valence-electron chi connectivity index (χ2n) is 4.16. The van der Waals surface area contributed by atoms with Crippen molar-refractivity contribution in [1.82, 2.24) is 4.98 Å². The molecule has 3 heteroatoms. The fourth-order valence-corrected chi connectivity index (χ4v) is 1.71. The van der Waals surface area contributed by atoms with Gasteiger partial charge < -0.3 is 10.8 Å². The van der Waals surface area contributed by atoms with Crippen LogP contribution in [-0.2, 0) is 5.60 Å². The highest BCUT2D eigenvalue weighted by Gasteiger charge is 2.20. The van der Waals surface area contributed by atoms with E-state index in [-0.39, 0.29) is 0 Å². The Morgan fingerprint density at radius 3 is 2.67 bits per heavy atom. The van der Waals surface area contributed by atoms with E-state index in [9.17, 15) is 5.11 Å². The molecule has 3 nitrogen and oxygen atoms in total. The summed E-state index contributed by atoms with van der Waals surface area (Å²) < 4.78 is 0. The first-order valence-corrected chi connectivity index (χ1v) is 4.86. The van der Waals surface area contributed by atoms with Crippen molar-refractivity contribution in [3.8, 4) is 0 Å². The van der Waals surface area contributed by atoms with E-state index < -0.39 is 5.60 Å². The molecule has 2 aromatic rings. The average Bonchev–Trinajstić information content (AvgIpc) is 2.16. The SMILES string of the molecule is CC(C)(O)c1ccc2ncccc2c1N. The fraction of sp³-hybridized carbons (Fsp3) is 0.250. The standard InChI is InChI=1S/C12H14N2O/c1-12(2,15)9-5-6-10-8(11(9)13)4-3-7-14-10/h3-7,15H,13H2,1-2H3. The Hall–Kier alpha value is -1.61. The number of anilines is 1. The lowest BCUT2D eigenvalue weighted by atomic mass is 9.94. The first kappa shape index (κ1) is 9.93. The molecule has 0 unspecified atom stereocenters. The Morgan fingerprint density at radius 2 is 2.00 bits per heavy atom. The third-order valence-electron chi connectivity index (χ3n) is 2.49. The van der Waals surface area contributed by atoms with Gasteiger partial charge in [0.1, 0.15) is 0 Å². The minimum Gasteiger partial charge on any atom is -0.398 e. The van der Waals surface area contributed by atoms with E-state index in [1.807, 2.05) is 24.3 Å². The number of benzene rings is 1. The van der Waals surface area contributed by atoms with E-state index in [4.69, 9.17) is 5.73 Å². The van der Waals surface area contributed by atoms with Gasteiger partial charge in [-0.05, 0) is 32.0 Å². The first-order valence-electron chi connectivity index (χ1n) is 4.86. The topological polar surface area (TPSA) is 59.1 Å². The molecule has 0 atom stereocenters. The number of aliphatic hydroxyl groups is 1. The van der Waals surface area contributed by atoms with Gasteiger partial charge in [-0.1, -0.05) is 6.07 Å². The van der Waals surface area contributed by atoms with E-state index in [1.165, 1.54) is 0 Å². The van der Waals surface area contributed by atoms with Crippen LogP contribution in [0.5, 0.6) is 0 Å². The highest BCUT2D eigenvalue weighted by Crippen LogP contribution is 2.30. The van der Waals surface area contributed by atoms with Gasteiger partial charge in [-0.25, -0.2) is 0 Å². The van der Waals surface area contributed by atoms with Gasteiger partial charge in [0.2, 0.25) is 0 Å². The molecule has 78 valence electrons. The van der Waals surface area contributed by atoms with Crippen LogP contribution >= 0.6 is 0 Å². The minimum atomic E-state index is -0.923. The highest BCUT2D eigenvalue weighted by molar-refractivity contribution is 5.92. The maximum absolute atomic E-state index is 9.93. The Morgan fingerprint density at radius 1 is 1.27 bits per heavy atom. The van der Waals surface area contributed by atoms with Crippen molar-refractivity contribution < 1.29 is 5.11 Å². The normalized spacial score (nSPS) is 11.9. The van der Waals surface area contributed by atoms with E-state index in [0.29, 0.717) is 5.69 Å². The van der Waals surface area contributed by atoms with Crippen LogP contribution in [0.2, 0.25) is 0 Å². The number of nitrogen functional groups attached to an aromatic ring is 1. The van der Waals surface area contributed by atoms with E-state index in [0.717, 1.165) is 16.5 Å². The highest BCUT2D eigenvalue weighted by atomic mass is 16.3. The number of pyridine rings is 1. The number of nitrogens with two attached hydrogens (primary N) is 1. The maximum Gasteiger partial charge on any atom is 0.0860 e. The number of aromatic nitrogens is 1. The van der Waals surface area contributed by atoms with Crippen LogP contribution in [0.25, 0.3) is 10.9 Å². The lowest BCUT2D eigenvalue weighted by molar-refractivity contribution is 0.0795. The van der Waals surface area contributed by atoms with Gasteiger partial charge in [-0.2, -0.15) is 0 Å². The van der Waals surface area contributed by atoms with Crippen LogP contribution in [-0.4, -0.2) is 10.1 Å². The van der Waals surface area contributed by atoms with Crippen molar-refractivity contribution in [1.29, 1.82) is 0 Å². The quantitative estimate of drug-likeness (QED) is 0.696. The molecular formula is C12H14N2O. The van der Waals surface area contributed by atoms with Crippen molar-refractivity contribution in [2.45, 2.75) is 19.4 Å². The smallest absolute Gasteiger partial charge is 0.0860 e. The number of nitrogens with zero attached hydrogens (tertiary/aromatic N) is 1. The van der Waals surface area contributed by atoms with Crippen LogP contribution in [0.1, 0.15) is 19.4 Å². The van der Waals surface area contributed by atoms with Gasteiger partial charge in [0, 0.05) is 22.8 Å². The van der Waals surface area contributed by atoms with Gasteiger partial charge >= 0.3 is 0 Å². The zero-order valence-electron chi connectivity index (χ0n) is 8.86. The van der Waals surface area contributed by atoms with E-state index in [1.54, 1.807) is 20.0 Å². The number of rotatable bonds is 1. The van der Waals surface area contributed by atoms with Gasteiger partial charge in [0.15, 0.2) is 0 Å². The molecule has 0 radical (unpaired) electrons. The Kier molecular flexibility index (Phi) is 2.12. The third-order valence-corrected chi connectivity index (χ3v) is 2.49. The molecule has 0 aliphatic rings. The van der Waals surface area contributed by atoms with Crippen molar-refractivity contribution >= 4 is 16.6 Å². The summed E-state index contributed by atoms with van der Waals surface area (Å²) in [5, 5.41) is 10.8. The number of hydrogen-bond acceptors (Lipinski definition) is 3. The number of hydrogen-bond donors (Lipinski definition) is 2. The van der Waals surface area contributed by atoms with Crippen LogP contribution in [0.3, 0.4) is 0 Å². The zero-order valence-corrected chi connectivity index (χ0v) is 8.86. The summed E-state index contributed by atoms with van der Waals surface area (Å²) in [7, 11) is 0. The van der Waals surface area contributed by atoms with Crippen LogP contribution in [0.15, 0.2) is 30.5 Å². The molecule has 0 saturated heterocycles. The second kappa shape index (κ2) is 3.21. The summed E-state index contributed by atoms with van der Waals surface area (Å²) in [5.41, 5.74) is 7.28. The van der Waals surface area contributed by atoms with E-state index in [2.05, 4.69) is 4.98 Å². The minimum absolute atomic E-state index is 0.605. The average molecular weight is 202 g/mol. The maximum atomic E-state index is 9.93. The molecule has 0 bridgehead atoms. The third kappa shape index (κ3) is 1.66. The molecule has 0 fully saturated rings. The Labute approximate surface area is 88.6 Å². The lowest BCUT2D eigenvalue weighted by Crippen LogP contribution is -2.17. The van der Waals surface area contributed by atoms with Crippen LogP contribution in [0, 0.1) is 0 Å². The molecule has 3 N–H and O–H groups in total. The van der Waals surface area contributed by atoms with Crippen molar-refractivity contribution in [3.05, 3.63) is 36.0 Å². The molecule has 15 heavy (non-hydrogen) atoms. The number of fused-ring (bicyclic) bond motifs is 1. The molecule has 2 rings (SSSR count). The first-order chi connectivity index (χ1) is 7.00.